The molecule has 15 heteroatoms. The molecule has 4 heterocycles. The van der Waals surface area contributed by atoms with Gasteiger partial charge in [-0.2, -0.15) is 0 Å². The third-order valence-corrected chi connectivity index (χ3v) is 14.5. The second-order valence-electron chi connectivity index (χ2n) is 17.9. The Kier molecular flexibility index (Phi) is 9.56. The maximum Gasteiger partial charge on any atom is 0.408 e. The number of rotatable bonds is 7. The van der Waals surface area contributed by atoms with Crippen molar-refractivity contribution in [3.63, 3.8) is 0 Å². The van der Waals surface area contributed by atoms with E-state index in [1.807, 2.05) is 39.0 Å². The number of fused-ring (bicyclic) bond motifs is 4. The van der Waals surface area contributed by atoms with Crippen molar-refractivity contribution >= 4 is 44.7 Å². The number of aryl methyl sites for hydroxylation is 2. The van der Waals surface area contributed by atoms with Gasteiger partial charge in [-0.15, -0.1) is 6.58 Å². The maximum absolute atomic E-state index is 14.9. The first kappa shape index (κ1) is 38.5. The topological polar surface area (TPSA) is 182 Å². The minimum absolute atomic E-state index is 0.0348. The van der Waals surface area contributed by atoms with E-state index < -0.39 is 73.6 Å². The van der Waals surface area contributed by atoms with Crippen molar-refractivity contribution in [2.45, 2.75) is 132 Å². The van der Waals surface area contributed by atoms with Gasteiger partial charge in [-0.1, -0.05) is 39.7 Å². The summed E-state index contributed by atoms with van der Waals surface area (Å²) in [5.74, 6) is -0.794. The third-order valence-electron chi connectivity index (χ3n) is 12.7. The number of nitrogens with zero attached hydrogens (tertiary/aromatic N) is 2. The molecule has 1 spiro atoms. The zero-order valence-electron chi connectivity index (χ0n) is 32.6. The Morgan fingerprint density at radius 2 is 1.89 bits per heavy atom. The third kappa shape index (κ3) is 7.20. The lowest BCUT2D eigenvalue weighted by molar-refractivity contribution is -0.143. The van der Waals surface area contributed by atoms with Crippen molar-refractivity contribution in [2.75, 3.05) is 13.7 Å². The number of hydrogen-bond acceptors (Lipinski definition) is 10. The molecule has 0 unspecified atom stereocenters. The number of nitrogens with one attached hydrogen (secondary N) is 3. The van der Waals surface area contributed by atoms with Gasteiger partial charge in [-0.3, -0.25) is 19.1 Å². The minimum Gasteiger partial charge on any atom is -0.497 e. The zero-order valence-corrected chi connectivity index (χ0v) is 33.5. The van der Waals surface area contributed by atoms with Crippen LogP contribution in [0.15, 0.2) is 30.9 Å². The van der Waals surface area contributed by atoms with Gasteiger partial charge in [-0.25, -0.2) is 18.2 Å². The average molecular weight is 792 g/mol. The van der Waals surface area contributed by atoms with Crippen LogP contribution in [0.2, 0.25) is 0 Å². The van der Waals surface area contributed by atoms with Crippen LogP contribution >= 0.6 is 0 Å². The van der Waals surface area contributed by atoms with Crippen LogP contribution in [-0.2, 0) is 42.0 Å². The fourth-order valence-electron chi connectivity index (χ4n) is 8.97. The summed E-state index contributed by atoms with van der Waals surface area (Å²) in [6, 6.07) is 3.64. The fourth-order valence-corrected chi connectivity index (χ4v) is 10.3. The van der Waals surface area contributed by atoms with E-state index >= 15 is 0 Å². The van der Waals surface area contributed by atoms with Crippen LogP contribution in [0.3, 0.4) is 0 Å². The number of ether oxygens (including phenoxy) is 3. The van der Waals surface area contributed by atoms with Crippen molar-refractivity contribution in [1.82, 2.24) is 25.2 Å². The number of carbonyl (C=O) groups excluding carboxylic acids is 4. The number of sulfonamides is 1. The predicted molar refractivity (Wildman–Crippen MR) is 206 cm³/mol. The van der Waals surface area contributed by atoms with Crippen LogP contribution in [-0.4, -0.2) is 90.3 Å². The van der Waals surface area contributed by atoms with Crippen LogP contribution in [0.25, 0.3) is 10.9 Å². The Morgan fingerprint density at radius 1 is 1.11 bits per heavy atom. The van der Waals surface area contributed by atoms with Gasteiger partial charge in [0.1, 0.15) is 40.8 Å². The molecule has 6 aliphatic rings. The van der Waals surface area contributed by atoms with E-state index in [-0.39, 0.29) is 31.4 Å². The molecule has 302 valence electrons. The van der Waals surface area contributed by atoms with E-state index in [0.717, 1.165) is 54.3 Å². The van der Waals surface area contributed by atoms with Gasteiger partial charge in [0.25, 0.3) is 5.91 Å². The number of amides is 4. The van der Waals surface area contributed by atoms with E-state index in [0.29, 0.717) is 43.6 Å². The molecule has 3 aliphatic heterocycles. The molecule has 0 radical (unpaired) electrons. The molecular formula is C41H53N5O9S. The van der Waals surface area contributed by atoms with Crippen molar-refractivity contribution in [3.8, 4) is 11.5 Å². The molecule has 8 rings (SSSR count). The molecule has 4 fully saturated rings. The first-order chi connectivity index (χ1) is 26.6. The van der Waals surface area contributed by atoms with E-state index in [4.69, 9.17) is 19.2 Å². The Balaban J connectivity index is 1.17. The quantitative estimate of drug-likeness (QED) is 0.344. The van der Waals surface area contributed by atoms with E-state index in [9.17, 15) is 27.6 Å². The number of benzene rings is 1. The smallest absolute Gasteiger partial charge is 0.408 e. The van der Waals surface area contributed by atoms with Gasteiger partial charge in [0.2, 0.25) is 21.8 Å². The number of methoxy groups -OCH3 is 1. The highest BCUT2D eigenvalue weighted by Gasteiger charge is 2.63. The molecular weight excluding hydrogens is 739 g/mol. The van der Waals surface area contributed by atoms with Crippen molar-refractivity contribution in [3.05, 3.63) is 42.1 Å². The number of pyridine rings is 1. The number of carbonyl (C=O) groups is 4. The normalized spacial score (nSPS) is 31.7. The minimum atomic E-state index is -3.90. The standard InChI is InChI=1S/C41H53N5O9S/c1-6-24-20-41(24,37(49)45-56(51,52)26-13-14-26)44-35(47)31-21-40-17-16-27-28-19-25(53-5)12-15-29(28)42-30(33(27)55-40)11-9-7-8-10-23-18-32(23)54-38(50)43-34(39(2,3)4)36(48)46(31)22-40/h6,12,15,19,23-24,26,31-32,34H,1,7-11,13-14,16-18,20-22H2,2-5H3,(H,43,50)(H,44,47)(H,45,49)/t23-,24-,31+,32-,34-,40-,41-/m1/s1. The summed E-state index contributed by atoms with van der Waals surface area (Å²) in [6.45, 7) is 9.38. The Hall–Kier alpha value is -4.40. The summed E-state index contributed by atoms with van der Waals surface area (Å²) < 4.78 is 46.3. The van der Waals surface area contributed by atoms with Crippen LogP contribution in [0, 0.1) is 17.3 Å². The lowest BCUT2D eigenvalue weighted by atomic mass is 9.85. The fraction of sp³-hybridized carbons (Fsp3) is 0.634. The number of alkyl carbamates (subject to hydrolysis) is 1. The molecule has 1 aromatic carbocycles. The lowest BCUT2D eigenvalue weighted by Gasteiger charge is -2.38. The summed E-state index contributed by atoms with van der Waals surface area (Å²) in [6.07, 6.45) is 8.12. The van der Waals surface area contributed by atoms with E-state index in [1.54, 1.807) is 7.11 Å². The molecule has 4 amide bonds. The molecule has 3 aliphatic carbocycles. The first-order valence-electron chi connectivity index (χ1n) is 20.0. The monoisotopic (exact) mass is 791 g/mol. The SMILES string of the molecule is C=C[C@@H]1C[C@]1(NC(=O)[C@@H]1C[C@]23CCc4c(c(nc5ccc(OC)cc45)CCCCC[C@@H]4C[C@H]4OC(=O)N[C@@H](C(C)(C)C)C(=O)N1C2)O3)C(=O)NS(=O)(=O)C1CC1. The zero-order chi connectivity index (χ0) is 39.8. The van der Waals surface area contributed by atoms with Gasteiger partial charge in [-0.05, 0) is 87.3 Å². The predicted octanol–water partition coefficient (Wildman–Crippen LogP) is 4.22. The molecule has 7 atom stereocenters. The van der Waals surface area contributed by atoms with Gasteiger partial charge < -0.3 is 29.7 Å². The summed E-state index contributed by atoms with van der Waals surface area (Å²) in [5, 5.41) is 6.02. The van der Waals surface area contributed by atoms with Crippen molar-refractivity contribution in [2.24, 2.45) is 17.3 Å². The molecule has 14 nitrogen and oxygen atoms in total. The van der Waals surface area contributed by atoms with Gasteiger partial charge in [0.05, 0.1) is 30.1 Å². The molecule has 3 saturated carbocycles. The average Bonchev–Trinajstić information content (AvgIpc) is 4.07. The Labute approximate surface area is 327 Å². The number of aromatic nitrogens is 1. The Morgan fingerprint density at radius 3 is 2.59 bits per heavy atom. The summed E-state index contributed by atoms with van der Waals surface area (Å²) in [7, 11) is -2.28. The summed E-state index contributed by atoms with van der Waals surface area (Å²) >= 11 is 0. The van der Waals surface area contributed by atoms with E-state index in [1.165, 1.54) is 11.0 Å². The van der Waals surface area contributed by atoms with Gasteiger partial charge >= 0.3 is 6.09 Å². The lowest BCUT2D eigenvalue weighted by Crippen LogP contribution is -2.60. The maximum atomic E-state index is 14.9. The number of hydrogen-bond donors (Lipinski definition) is 3. The van der Waals surface area contributed by atoms with Crippen molar-refractivity contribution in [1.29, 1.82) is 0 Å². The highest BCUT2D eigenvalue weighted by molar-refractivity contribution is 7.91. The van der Waals surface area contributed by atoms with Crippen LogP contribution in [0.5, 0.6) is 11.5 Å². The van der Waals surface area contributed by atoms with Crippen LogP contribution in [0.4, 0.5) is 4.79 Å². The van der Waals surface area contributed by atoms with Gasteiger partial charge in [0.15, 0.2) is 0 Å². The molecule has 56 heavy (non-hydrogen) atoms. The highest BCUT2D eigenvalue weighted by Crippen LogP contribution is 2.48. The van der Waals surface area contributed by atoms with Crippen LogP contribution in [0.1, 0.15) is 96.2 Å². The largest absolute Gasteiger partial charge is 0.497 e. The molecule has 3 N–H and O–H groups in total. The second kappa shape index (κ2) is 13.9. The van der Waals surface area contributed by atoms with Gasteiger partial charge in [0, 0.05) is 23.3 Å². The van der Waals surface area contributed by atoms with Crippen molar-refractivity contribution < 1.29 is 41.8 Å². The molecule has 1 aromatic heterocycles. The Bertz CT molecular complexity index is 2100. The molecule has 1 saturated heterocycles. The highest BCUT2D eigenvalue weighted by atomic mass is 32.2. The second-order valence-corrected chi connectivity index (χ2v) is 19.8. The van der Waals surface area contributed by atoms with Crippen LogP contribution < -0.4 is 24.8 Å². The van der Waals surface area contributed by atoms with E-state index in [2.05, 4.69) is 21.9 Å². The summed E-state index contributed by atoms with van der Waals surface area (Å²) in [5.41, 5.74) is -0.651. The molecule has 3 bridgehead atoms. The summed E-state index contributed by atoms with van der Waals surface area (Å²) in [4.78, 5) is 63.1. The molecule has 2 aromatic rings. The first-order valence-corrected chi connectivity index (χ1v) is 21.6.